The van der Waals surface area contributed by atoms with E-state index in [4.69, 9.17) is 0 Å². The van der Waals surface area contributed by atoms with Crippen molar-refractivity contribution in [2.45, 2.75) is 26.3 Å². The molecule has 5 heteroatoms. The molecule has 0 aromatic rings. The first kappa shape index (κ1) is 15.6. The minimum Gasteiger partial charge on any atom is -0.467 e. The maximum Gasteiger partial charge on any atom is 0.328 e. The molecule has 0 saturated heterocycles. The van der Waals surface area contributed by atoms with Crippen LogP contribution in [0.15, 0.2) is 12.7 Å². The van der Waals surface area contributed by atoms with Crippen molar-refractivity contribution in [3.8, 4) is 0 Å². The fourth-order valence-electron chi connectivity index (χ4n) is 1.31. The smallest absolute Gasteiger partial charge is 0.328 e. The molecule has 2 unspecified atom stereocenters. The molecular formula is C12H22N2O3. The quantitative estimate of drug-likeness (QED) is 0.369. The van der Waals surface area contributed by atoms with Gasteiger partial charge in [-0.25, -0.2) is 4.79 Å². The summed E-state index contributed by atoms with van der Waals surface area (Å²) in [6.07, 6.45) is 2.46. The molecule has 0 rings (SSSR count). The highest BCUT2D eigenvalue weighted by Gasteiger charge is 2.26. The Morgan fingerprint density at radius 3 is 2.59 bits per heavy atom. The van der Waals surface area contributed by atoms with E-state index in [1.807, 2.05) is 13.8 Å². The summed E-state index contributed by atoms with van der Waals surface area (Å²) in [5.41, 5.74) is 0. The maximum atomic E-state index is 11.6. The SMILES string of the molecule is C=CCNCC(=O)NC(C(=O)OC)C(C)CC. The first-order valence-electron chi connectivity index (χ1n) is 5.75. The number of nitrogens with one attached hydrogen (secondary N) is 2. The molecule has 98 valence electrons. The Bertz CT molecular complexity index is 266. The first-order chi connectivity index (χ1) is 8.06. The Balaban J connectivity index is 4.27. The number of rotatable bonds is 8. The molecule has 0 aromatic carbocycles. The molecule has 2 atom stereocenters. The van der Waals surface area contributed by atoms with E-state index < -0.39 is 12.0 Å². The molecule has 0 aliphatic rings. The van der Waals surface area contributed by atoms with Crippen molar-refractivity contribution in [1.82, 2.24) is 10.6 Å². The minimum atomic E-state index is -0.581. The summed E-state index contributed by atoms with van der Waals surface area (Å²) in [5.74, 6) is -0.579. The van der Waals surface area contributed by atoms with Gasteiger partial charge in [-0.2, -0.15) is 0 Å². The molecule has 0 radical (unpaired) electrons. The molecule has 2 N–H and O–H groups in total. The summed E-state index contributed by atoms with van der Waals surface area (Å²) in [5, 5.41) is 5.54. The number of hydrogen-bond acceptors (Lipinski definition) is 4. The standard InChI is InChI=1S/C12H22N2O3/c1-5-7-13-8-10(15)14-11(9(3)6-2)12(16)17-4/h5,9,11,13H,1,6-8H2,2-4H3,(H,14,15). The van der Waals surface area contributed by atoms with Gasteiger partial charge in [-0.15, -0.1) is 6.58 Å². The minimum absolute atomic E-state index is 0.0470. The van der Waals surface area contributed by atoms with Gasteiger partial charge in [0, 0.05) is 6.54 Å². The van der Waals surface area contributed by atoms with Crippen molar-refractivity contribution in [2.24, 2.45) is 5.92 Å². The van der Waals surface area contributed by atoms with Crippen molar-refractivity contribution in [2.75, 3.05) is 20.2 Å². The maximum absolute atomic E-state index is 11.6. The Kier molecular flexibility index (Phi) is 8.05. The summed E-state index contributed by atoms with van der Waals surface area (Å²) in [7, 11) is 1.32. The van der Waals surface area contributed by atoms with E-state index in [1.54, 1.807) is 6.08 Å². The Hall–Kier alpha value is -1.36. The topological polar surface area (TPSA) is 67.4 Å². The molecule has 0 heterocycles. The molecule has 17 heavy (non-hydrogen) atoms. The molecule has 0 aliphatic heterocycles. The lowest BCUT2D eigenvalue weighted by Gasteiger charge is -2.21. The normalized spacial score (nSPS) is 13.6. The van der Waals surface area contributed by atoms with E-state index in [0.717, 1.165) is 6.42 Å². The van der Waals surface area contributed by atoms with Gasteiger partial charge < -0.3 is 15.4 Å². The van der Waals surface area contributed by atoms with Crippen LogP contribution < -0.4 is 10.6 Å². The van der Waals surface area contributed by atoms with Crippen molar-refractivity contribution < 1.29 is 14.3 Å². The number of esters is 1. The molecule has 0 aliphatic carbocycles. The van der Waals surface area contributed by atoms with Crippen LogP contribution >= 0.6 is 0 Å². The van der Waals surface area contributed by atoms with E-state index in [-0.39, 0.29) is 18.4 Å². The second-order valence-electron chi connectivity index (χ2n) is 3.87. The molecule has 5 nitrogen and oxygen atoms in total. The number of carbonyl (C=O) groups is 2. The highest BCUT2D eigenvalue weighted by Crippen LogP contribution is 2.08. The van der Waals surface area contributed by atoms with Crippen LogP contribution in [0.3, 0.4) is 0 Å². The van der Waals surface area contributed by atoms with Gasteiger partial charge >= 0.3 is 5.97 Å². The van der Waals surface area contributed by atoms with Crippen LogP contribution in [0.1, 0.15) is 20.3 Å². The van der Waals surface area contributed by atoms with Gasteiger partial charge in [-0.3, -0.25) is 4.79 Å². The fraction of sp³-hybridized carbons (Fsp3) is 0.667. The molecular weight excluding hydrogens is 220 g/mol. The van der Waals surface area contributed by atoms with Crippen LogP contribution in [0.5, 0.6) is 0 Å². The van der Waals surface area contributed by atoms with Crippen LogP contribution in [-0.2, 0) is 14.3 Å². The van der Waals surface area contributed by atoms with Crippen LogP contribution in [0.25, 0.3) is 0 Å². The van der Waals surface area contributed by atoms with Crippen LogP contribution in [0.4, 0.5) is 0 Å². The Morgan fingerprint density at radius 2 is 2.12 bits per heavy atom. The summed E-state index contributed by atoms with van der Waals surface area (Å²) in [6, 6.07) is -0.581. The van der Waals surface area contributed by atoms with Gasteiger partial charge in [0.05, 0.1) is 13.7 Å². The van der Waals surface area contributed by atoms with Gasteiger partial charge in [-0.05, 0) is 5.92 Å². The van der Waals surface area contributed by atoms with Crippen molar-refractivity contribution >= 4 is 11.9 Å². The third kappa shape index (κ3) is 6.06. The molecule has 0 fully saturated rings. The van der Waals surface area contributed by atoms with Gasteiger partial charge in [0.15, 0.2) is 0 Å². The molecule has 0 bridgehead atoms. The number of amides is 1. The van der Waals surface area contributed by atoms with Gasteiger partial charge in [0.2, 0.25) is 5.91 Å². The average molecular weight is 242 g/mol. The average Bonchev–Trinajstić information content (AvgIpc) is 2.34. The molecule has 0 saturated carbocycles. The van der Waals surface area contributed by atoms with E-state index in [1.165, 1.54) is 7.11 Å². The summed E-state index contributed by atoms with van der Waals surface area (Å²) in [4.78, 5) is 23.1. The summed E-state index contributed by atoms with van der Waals surface area (Å²) >= 11 is 0. The predicted molar refractivity (Wildman–Crippen MR) is 66.5 cm³/mol. The second kappa shape index (κ2) is 8.75. The van der Waals surface area contributed by atoms with E-state index in [0.29, 0.717) is 6.54 Å². The summed E-state index contributed by atoms with van der Waals surface area (Å²) < 4.78 is 4.67. The van der Waals surface area contributed by atoms with Gasteiger partial charge in [0.25, 0.3) is 0 Å². The zero-order chi connectivity index (χ0) is 13.3. The summed E-state index contributed by atoms with van der Waals surface area (Å²) in [6.45, 7) is 8.11. The van der Waals surface area contributed by atoms with Crippen LogP contribution in [0, 0.1) is 5.92 Å². The predicted octanol–water partition coefficient (Wildman–Crippen LogP) is 0.466. The lowest BCUT2D eigenvalue weighted by atomic mass is 9.99. The van der Waals surface area contributed by atoms with E-state index in [2.05, 4.69) is 21.9 Å². The van der Waals surface area contributed by atoms with E-state index >= 15 is 0 Å². The Labute approximate surface area is 103 Å². The molecule has 0 spiro atoms. The highest BCUT2D eigenvalue weighted by atomic mass is 16.5. The largest absolute Gasteiger partial charge is 0.467 e. The van der Waals surface area contributed by atoms with Gasteiger partial charge in [-0.1, -0.05) is 26.3 Å². The van der Waals surface area contributed by atoms with Crippen LogP contribution in [-0.4, -0.2) is 38.1 Å². The monoisotopic (exact) mass is 242 g/mol. The fourth-order valence-corrected chi connectivity index (χ4v) is 1.31. The molecule has 1 amide bonds. The number of methoxy groups -OCH3 is 1. The lowest BCUT2D eigenvalue weighted by molar-refractivity contribution is -0.146. The number of carbonyl (C=O) groups excluding carboxylic acids is 2. The number of ether oxygens (including phenoxy) is 1. The zero-order valence-electron chi connectivity index (χ0n) is 10.8. The van der Waals surface area contributed by atoms with Crippen molar-refractivity contribution in [3.63, 3.8) is 0 Å². The van der Waals surface area contributed by atoms with Gasteiger partial charge in [0.1, 0.15) is 6.04 Å². The van der Waals surface area contributed by atoms with E-state index in [9.17, 15) is 9.59 Å². The van der Waals surface area contributed by atoms with Crippen LogP contribution in [0.2, 0.25) is 0 Å². The molecule has 0 aromatic heterocycles. The van der Waals surface area contributed by atoms with Crippen molar-refractivity contribution in [1.29, 1.82) is 0 Å². The number of hydrogen-bond donors (Lipinski definition) is 2. The Morgan fingerprint density at radius 1 is 1.47 bits per heavy atom. The van der Waals surface area contributed by atoms with Crippen molar-refractivity contribution in [3.05, 3.63) is 12.7 Å². The zero-order valence-corrected chi connectivity index (χ0v) is 10.8. The second-order valence-corrected chi connectivity index (χ2v) is 3.87. The highest BCUT2D eigenvalue weighted by molar-refractivity contribution is 5.85. The third-order valence-electron chi connectivity index (χ3n) is 2.56. The lowest BCUT2D eigenvalue weighted by Crippen LogP contribution is -2.48. The first-order valence-corrected chi connectivity index (χ1v) is 5.75. The third-order valence-corrected chi connectivity index (χ3v) is 2.56.